The Bertz CT molecular complexity index is 435. The molecule has 0 radical (unpaired) electrons. The van der Waals surface area contributed by atoms with Crippen molar-refractivity contribution in [3.8, 4) is 0 Å². The second kappa shape index (κ2) is 4.87. The van der Waals surface area contributed by atoms with Crippen molar-refractivity contribution in [2.75, 3.05) is 18.0 Å². The van der Waals surface area contributed by atoms with Crippen LogP contribution in [0.3, 0.4) is 0 Å². The van der Waals surface area contributed by atoms with Gasteiger partial charge < -0.3 is 4.90 Å². The first-order chi connectivity index (χ1) is 8.10. The van der Waals surface area contributed by atoms with E-state index in [0.29, 0.717) is 11.7 Å². The van der Waals surface area contributed by atoms with E-state index in [-0.39, 0.29) is 10.8 Å². The fourth-order valence-electron chi connectivity index (χ4n) is 1.73. The molecule has 1 aliphatic rings. The van der Waals surface area contributed by atoms with Gasteiger partial charge in [0.25, 0.3) is 5.69 Å². The molecule has 0 bridgehead atoms. The summed E-state index contributed by atoms with van der Waals surface area (Å²) in [5.41, 5.74) is -0.00533. The Morgan fingerprint density at radius 1 is 1.59 bits per heavy atom. The smallest absolute Gasteiger partial charge is 0.276 e. The number of nitrogens with zero attached hydrogens (tertiary/aromatic N) is 3. The molecule has 0 N–H and O–H groups in total. The molecule has 0 unspecified atom stereocenters. The molecule has 0 amide bonds. The van der Waals surface area contributed by atoms with Gasteiger partial charge in [0.2, 0.25) is 0 Å². The van der Waals surface area contributed by atoms with Crippen LogP contribution in [0.1, 0.15) is 19.8 Å². The van der Waals surface area contributed by atoms with E-state index in [1.54, 1.807) is 0 Å². The van der Waals surface area contributed by atoms with Crippen LogP contribution in [0.5, 0.6) is 0 Å². The van der Waals surface area contributed by atoms with Gasteiger partial charge >= 0.3 is 0 Å². The molecule has 17 heavy (non-hydrogen) atoms. The Labute approximate surface area is 105 Å². The van der Waals surface area contributed by atoms with Gasteiger partial charge in [-0.1, -0.05) is 11.6 Å². The third kappa shape index (κ3) is 3.06. The lowest BCUT2D eigenvalue weighted by Crippen LogP contribution is -2.26. The fraction of sp³-hybridized carbons (Fsp3) is 0.545. The van der Waals surface area contributed by atoms with Gasteiger partial charge in [-0.25, -0.2) is 4.98 Å². The van der Waals surface area contributed by atoms with E-state index in [0.717, 1.165) is 13.1 Å². The summed E-state index contributed by atoms with van der Waals surface area (Å²) in [5.74, 6) is 1.30. The standard InChI is InChI=1S/C11H14ClN3O2/c1-2-14(7-8-3-4-8)11-6-9(15(16)17)5-10(12)13-11/h5-6,8H,2-4,7H2,1H3. The number of rotatable bonds is 5. The molecular weight excluding hydrogens is 242 g/mol. The normalized spacial score (nSPS) is 14.7. The Morgan fingerprint density at radius 3 is 2.82 bits per heavy atom. The average Bonchev–Trinajstić information content (AvgIpc) is 3.08. The molecule has 92 valence electrons. The minimum Gasteiger partial charge on any atom is -0.356 e. The largest absolute Gasteiger partial charge is 0.356 e. The second-order valence-corrected chi connectivity index (χ2v) is 4.63. The van der Waals surface area contributed by atoms with Crippen molar-refractivity contribution in [1.82, 2.24) is 4.98 Å². The lowest BCUT2D eigenvalue weighted by molar-refractivity contribution is -0.384. The summed E-state index contributed by atoms with van der Waals surface area (Å²) in [4.78, 5) is 16.5. The molecule has 0 atom stereocenters. The molecule has 1 aromatic heterocycles. The van der Waals surface area contributed by atoms with Crippen LogP contribution in [0.25, 0.3) is 0 Å². The highest BCUT2D eigenvalue weighted by atomic mass is 35.5. The minimum atomic E-state index is -0.442. The van der Waals surface area contributed by atoms with Crippen molar-refractivity contribution < 1.29 is 4.92 Å². The molecule has 1 heterocycles. The molecule has 5 nitrogen and oxygen atoms in total. The number of halogens is 1. The van der Waals surface area contributed by atoms with Crippen molar-refractivity contribution in [3.63, 3.8) is 0 Å². The first-order valence-electron chi connectivity index (χ1n) is 5.67. The summed E-state index contributed by atoms with van der Waals surface area (Å²) in [6.07, 6.45) is 2.47. The van der Waals surface area contributed by atoms with Gasteiger partial charge in [0.15, 0.2) is 0 Å². The molecular formula is C11H14ClN3O2. The molecule has 1 aliphatic carbocycles. The third-order valence-corrected chi connectivity index (χ3v) is 3.05. The summed E-state index contributed by atoms with van der Waals surface area (Å²) in [6.45, 7) is 3.69. The highest BCUT2D eigenvalue weighted by Crippen LogP contribution is 2.32. The lowest BCUT2D eigenvalue weighted by Gasteiger charge is -2.21. The molecule has 0 aliphatic heterocycles. The predicted octanol–water partition coefficient (Wildman–Crippen LogP) is 2.88. The van der Waals surface area contributed by atoms with Crippen molar-refractivity contribution >= 4 is 23.1 Å². The van der Waals surface area contributed by atoms with Crippen LogP contribution in [0.2, 0.25) is 5.15 Å². The van der Waals surface area contributed by atoms with Gasteiger partial charge in [-0.2, -0.15) is 0 Å². The second-order valence-electron chi connectivity index (χ2n) is 4.25. The summed E-state index contributed by atoms with van der Waals surface area (Å²) < 4.78 is 0. The van der Waals surface area contributed by atoms with E-state index < -0.39 is 4.92 Å². The van der Waals surface area contributed by atoms with Gasteiger partial charge in [-0.15, -0.1) is 0 Å². The van der Waals surface area contributed by atoms with E-state index in [1.165, 1.54) is 25.0 Å². The maximum atomic E-state index is 10.8. The zero-order chi connectivity index (χ0) is 12.4. The van der Waals surface area contributed by atoms with E-state index in [4.69, 9.17) is 11.6 Å². The van der Waals surface area contributed by atoms with Crippen LogP contribution in [0, 0.1) is 16.0 Å². The molecule has 0 saturated heterocycles. The van der Waals surface area contributed by atoms with Crippen molar-refractivity contribution in [1.29, 1.82) is 0 Å². The zero-order valence-corrected chi connectivity index (χ0v) is 10.4. The number of nitro groups is 1. The average molecular weight is 256 g/mol. The molecule has 6 heteroatoms. The molecule has 1 aromatic rings. The van der Waals surface area contributed by atoms with E-state index in [1.807, 2.05) is 11.8 Å². The van der Waals surface area contributed by atoms with Gasteiger partial charge in [0, 0.05) is 13.1 Å². The van der Waals surface area contributed by atoms with Gasteiger partial charge in [0.05, 0.1) is 17.1 Å². The van der Waals surface area contributed by atoms with Gasteiger partial charge in [-0.05, 0) is 25.7 Å². The van der Waals surface area contributed by atoms with Crippen LogP contribution < -0.4 is 4.90 Å². The van der Waals surface area contributed by atoms with Crippen LogP contribution in [0.4, 0.5) is 11.5 Å². The zero-order valence-electron chi connectivity index (χ0n) is 9.60. The molecule has 1 saturated carbocycles. The topological polar surface area (TPSA) is 59.3 Å². The van der Waals surface area contributed by atoms with Gasteiger partial charge in [-0.3, -0.25) is 10.1 Å². The minimum absolute atomic E-state index is 0.00533. The predicted molar refractivity (Wildman–Crippen MR) is 66.5 cm³/mol. The summed E-state index contributed by atoms with van der Waals surface area (Å²) in [5, 5.41) is 10.9. The summed E-state index contributed by atoms with van der Waals surface area (Å²) >= 11 is 5.81. The van der Waals surface area contributed by atoms with Crippen molar-refractivity contribution in [3.05, 3.63) is 27.4 Å². The summed E-state index contributed by atoms with van der Waals surface area (Å²) in [7, 11) is 0. The number of hydrogen-bond acceptors (Lipinski definition) is 4. The molecule has 0 spiro atoms. The number of anilines is 1. The Morgan fingerprint density at radius 2 is 2.29 bits per heavy atom. The number of aromatic nitrogens is 1. The Hall–Kier alpha value is -1.36. The van der Waals surface area contributed by atoms with Crippen LogP contribution in [-0.2, 0) is 0 Å². The fourth-order valence-corrected chi connectivity index (χ4v) is 1.93. The van der Waals surface area contributed by atoms with Crippen molar-refractivity contribution in [2.24, 2.45) is 5.92 Å². The van der Waals surface area contributed by atoms with Gasteiger partial charge in [0.1, 0.15) is 11.0 Å². The quantitative estimate of drug-likeness (QED) is 0.461. The van der Waals surface area contributed by atoms with Crippen LogP contribution in [-0.4, -0.2) is 23.0 Å². The lowest BCUT2D eigenvalue weighted by atomic mass is 10.3. The maximum Gasteiger partial charge on any atom is 0.276 e. The summed E-state index contributed by atoms with van der Waals surface area (Å²) in [6, 6.07) is 2.76. The maximum absolute atomic E-state index is 10.8. The third-order valence-electron chi connectivity index (χ3n) is 2.86. The van der Waals surface area contributed by atoms with E-state index in [9.17, 15) is 10.1 Å². The SMILES string of the molecule is CCN(CC1CC1)c1cc([N+](=O)[O-])cc(Cl)n1. The molecule has 2 rings (SSSR count). The van der Waals surface area contributed by atoms with E-state index in [2.05, 4.69) is 4.98 Å². The number of hydrogen-bond donors (Lipinski definition) is 0. The highest BCUT2D eigenvalue weighted by Gasteiger charge is 2.25. The first-order valence-corrected chi connectivity index (χ1v) is 6.05. The van der Waals surface area contributed by atoms with Crippen LogP contribution in [0.15, 0.2) is 12.1 Å². The molecule has 0 aromatic carbocycles. The number of pyridine rings is 1. The van der Waals surface area contributed by atoms with Crippen molar-refractivity contribution in [2.45, 2.75) is 19.8 Å². The molecule has 1 fully saturated rings. The monoisotopic (exact) mass is 255 g/mol. The first kappa shape index (κ1) is 12.1. The highest BCUT2D eigenvalue weighted by molar-refractivity contribution is 6.29. The van der Waals surface area contributed by atoms with E-state index >= 15 is 0 Å². The Kier molecular flexibility index (Phi) is 3.47. The Balaban J connectivity index is 2.24. The van der Waals surface area contributed by atoms with Crippen LogP contribution >= 0.6 is 11.6 Å².